The van der Waals surface area contributed by atoms with Crippen LogP contribution in [0.5, 0.6) is 0 Å². The molecule has 2 heterocycles. The van der Waals surface area contributed by atoms with Crippen LogP contribution in [-0.4, -0.2) is 23.2 Å². The lowest BCUT2D eigenvalue weighted by Gasteiger charge is -2.04. The minimum atomic E-state index is 0.287. The summed E-state index contributed by atoms with van der Waals surface area (Å²) in [6.45, 7) is 2.05. The maximum atomic E-state index is 5.95. The number of fused-ring (bicyclic) bond motifs is 1. The van der Waals surface area contributed by atoms with Crippen LogP contribution in [0.25, 0.3) is 22.6 Å². The van der Waals surface area contributed by atoms with Gasteiger partial charge >= 0.3 is 0 Å². The zero-order valence-corrected chi connectivity index (χ0v) is 11.9. The number of furan rings is 1. The van der Waals surface area contributed by atoms with Gasteiger partial charge in [0.1, 0.15) is 5.58 Å². The van der Waals surface area contributed by atoms with Gasteiger partial charge in [0.05, 0.1) is 0 Å². The van der Waals surface area contributed by atoms with Crippen LogP contribution >= 0.6 is 11.6 Å². The minimum absolute atomic E-state index is 0.287. The second kappa shape index (κ2) is 5.26. The molecular formula is C14H14ClN3O2. The van der Waals surface area contributed by atoms with Crippen LogP contribution in [0.4, 0.5) is 0 Å². The topological polar surface area (TPSA) is 64.1 Å². The molecule has 20 heavy (non-hydrogen) atoms. The summed E-state index contributed by atoms with van der Waals surface area (Å²) in [5.74, 6) is 1.59. The Kier molecular flexibility index (Phi) is 3.46. The molecule has 0 amide bonds. The van der Waals surface area contributed by atoms with Crippen LogP contribution in [0, 0.1) is 0 Å². The molecule has 0 radical (unpaired) electrons. The lowest BCUT2D eigenvalue weighted by atomic mass is 10.2. The molecule has 1 aromatic carbocycles. The number of rotatable bonds is 4. The van der Waals surface area contributed by atoms with E-state index in [1.54, 1.807) is 6.07 Å². The van der Waals surface area contributed by atoms with Gasteiger partial charge < -0.3 is 14.3 Å². The highest BCUT2D eigenvalue weighted by molar-refractivity contribution is 6.31. The Morgan fingerprint density at radius 2 is 2.20 bits per heavy atom. The normalized spacial score (nSPS) is 12.9. The van der Waals surface area contributed by atoms with Crippen molar-refractivity contribution in [3.8, 4) is 11.7 Å². The summed E-state index contributed by atoms with van der Waals surface area (Å²) in [4.78, 5) is 4.34. The van der Waals surface area contributed by atoms with E-state index in [2.05, 4.69) is 22.4 Å². The summed E-state index contributed by atoms with van der Waals surface area (Å²) in [6, 6.07) is 7.58. The van der Waals surface area contributed by atoms with Crippen LogP contribution in [0.15, 0.2) is 33.2 Å². The maximum Gasteiger partial charge on any atom is 0.293 e. The number of nitrogens with zero attached hydrogens (tertiary/aromatic N) is 2. The van der Waals surface area contributed by atoms with E-state index >= 15 is 0 Å². The number of hydrogen-bond donors (Lipinski definition) is 1. The van der Waals surface area contributed by atoms with Gasteiger partial charge in [0.25, 0.3) is 5.89 Å². The number of hydrogen-bond acceptors (Lipinski definition) is 5. The molecule has 3 rings (SSSR count). The molecule has 3 aromatic rings. The first-order chi connectivity index (χ1) is 9.65. The van der Waals surface area contributed by atoms with Crippen molar-refractivity contribution in [2.75, 3.05) is 7.05 Å². The monoisotopic (exact) mass is 291 g/mol. The number of likely N-dealkylation sites (N-methyl/N-ethyl adjacent to an activating group) is 1. The molecular weight excluding hydrogens is 278 g/mol. The number of nitrogens with one attached hydrogen (secondary N) is 1. The fourth-order valence-corrected chi connectivity index (χ4v) is 2.11. The van der Waals surface area contributed by atoms with E-state index < -0.39 is 0 Å². The Hall–Kier alpha value is -1.85. The smallest absolute Gasteiger partial charge is 0.293 e. The first kappa shape index (κ1) is 13.1. The second-order valence-corrected chi connectivity index (χ2v) is 5.14. The van der Waals surface area contributed by atoms with Crippen LogP contribution in [-0.2, 0) is 6.42 Å². The average Bonchev–Trinajstić information content (AvgIpc) is 3.04. The van der Waals surface area contributed by atoms with Gasteiger partial charge in [-0.05, 0) is 38.2 Å². The molecule has 1 atom stereocenters. The summed E-state index contributed by atoms with van der Waals surface area (Å²) in [7, 11) is 1.90. The van der Waals surface area contributed by atoms with Crippen molar-refractivity contribution in [3.05, 3.63) is 35.1 Å². The molecule has 0 aliphatic carbocycles. The molecule has 0 aliphatic heterocycles. The van der Waals surface area contributed by atoms with Crippen molar-refractivity contribution in [1.29, 1.82) is 0 Å². The van der Waals surface area contributed by atoms with Gasteiger partial charge in [0.2, 0.25) is 0 Å². The fraction of sp³-hybridized carbons (Fsp3) is 0.286. The first-order valence-corrected chi connectivity index (χ1v) is 6.73. The van der Waals surface area contributed by atoms with Gasteiger partial charge in [-0.1, -0.05) is 16.8 Å². The van der Waals surface area contributed by atoms with E-state index in [4.69, 9.17) is 20.5 Å². The highest BCUT2D eigenvalue weighted by Gasteiger charge is 2.15. The summed E-state index contributed by atoms with van der Waals surface area (Å²) < 4.78 is 10.9. The summed E-state index contributed by atoms with van der Waals surface area (Å²) in [5.41, 5.74) is 0.743. The SMILES string of the molecule is CNC(C)Cc1noc(-c2cc3cc(Cl)ccc3o2)n1. The molecule has 0 saturated heterocycles. The van der Waals surface area contributed by atoms with Gasteiger partial charge in [0, 0.05) is 22.9 Å². The number of aromatic nitrogens is 2. The predicted octanol–water partition coefficient (Wildman–Crippen LogP) is 3.29. The number of halogens is 1. The van der Waals surface area contributed by atoms with E-state index in [1.165, 1.54) is 0 Å². The zero-order chi connectivity index (χ0) is 14.1. The third-order valence-corrected chi connectivity index (χ3v) is 3.37. The van der Waals surface area contributed by atoms with Crippen molar-refractivity contribution in [2.24, 2.45) is 0 Å². The molecule has 104 valence electrons. The average molecular weight is 292 g/mol. The van der Waals surface area contributed by atoms with E-state index in [0.29, 0.717) is 28.9 Å². The standard InChI is InChI=1S/C14H14ClN3O2/c1-8(16-2)5-13-17-14(20-18-13)12-7-9-6-10(15)3-4-11(9)19-12/h3-4,6-8,16H,5H2,1-2H3. The van der Waals surface area contributed by atoms with Crippen LogP contribution in [0.2, 0.25) is 5.02 Å². The van der Waals surface area contributed by atoms with Gasteiger partial charge in [-0.25, -0.2) is 0 Å². The van der Waals surface area contributed by atoms with Gasteiger partial charge in [-0.2, -0.15) is 4.98 Å². The van der Waals surface area contributed by atoms with Crippen molar-refractivity contribution >= 4 is 22.6 Å². The second-order valence-electron chi connectivity index (χ2n) is 4.70. The Bertz CT molecular complexity index is 735. The van der Waals surface area contributed by atoms with Crippen LogP contribution < -0.4 is 5.32 Å². The lowest BCUT2D eigenvalue weighted by Crippen LogP contribution is -2.24. The Morgan fingerprint density at radius 3 is 3.00 bits per heavy atom. The van der Waals surface area contributed by atoms with Crippen molar-refractivity contribution in [3.63, 3.8) is 0 Å². The molecule has 0 saturated carbocycles. The number of benzene rings is 1. The molecule has 0 fully saturated rings. The van der Waals surface area contributed by atoms with E-state index in [-0.39, 0.29) is 6.04 Å². The molecule has 1 N–H and O–H groups in total. The van der Waals surface area contributed by atoms with E-state index in [9.17, 15) is 0 Å². The van der Waals surface area contributed by atoms with Gasteiger partial charge in [-0.15, -0.1) is 0 Å². The Balaban J connectivity index is 1.91. The third kappa shape index (κ3) is 2.55. The van der Waals surface area contributed by atoms with Crippen molar-refractivity contribution in [1.82, 2.24) is 15.5 Å². The van der Waals surface area contributed by atoms with Gasteiger partial charge in [-0.3, -0.25) is 0 Å². The molecule has 0 spiro atoms. The van der Waals surface area contributed by atoms with Crippen LogP contribution in [0.3, 0.4) is 0 Å². The van der Waals surface area contributed by atoms with E-state index in [1.807, 2.05) is 25.2 Å². The summed E-state index contributed by atoms with van der Waals surface area (Å²) in [5, 5.41) is 8.66. The first-order valence-electron chi connectivity index (χ1n) is 6.35. The highest BCUT2D eigenvalue weighted by Crippen LogP contribution is 2.28. The maximum absolute atomic E-state index is 5.95. The predicted molar refractivity (Wildman–Crippen MR) is 76.7 cm³/mol. The van der Waals surface area contributed by atoms with Crippen molar-refractivity contribution < 1.29 is 8.94 Å². The Morgan fingerprint density at radius 1 is 1.35 bits per heavy atom. The Labute approximate surface area is 120 Å². The third-order valence-electron chi connectivity index (χ3n) is 3.14. The van der Waals surface area contributed by atoms with Gasteiger partial charge in [0.15, 0.2) is 11.6 Å². The molecule has 2 aromatic heterocycles. The quantitative estimate of drug-likeness (QED) is 0.799. The molecule has 6 heteroatoms. The molecule has 5 nitrogen and oxygen atoms in total. The molecule has 0 aliphatic rings. The largest absolute Gasteiger partial charge is 0.451 e. The molecule has 1 unspecified atom stereocenters. The molecule has 0 bridgehead atoms. The summed E-state index contributed by atoms with van der Waals surface area (Å²) in [6.07, 6.45) is 0.700. The minimum Gasteiger partial charge on any atom is -0.451 e. The van der Waals surface area contributed by atoms with Crippen LogP contribution in [0.1, 0.15) is 12.7 Å². The zero-order valence-electron chi connectivity index (χ0n) is 11.2. The summed E-state index contributed by atoms with van der Waals surface area (Å²) >= 11 is 5.95. The van der Waals surface area contributed by atoms with E-state index in [0.717, 1.165) is 11.0 Å². The highest BCUT2D eigenvalue weighted by atomic mass is 35.5. The lowest BCUT2D eigenvalue weighted by molar-refractivity contribution is 0.408. The fourth-order valence-electron chi connectivity index (χ4n) is 1.93. The van der Waals surface area contributed by atoms with Crippen molar-refractivity contribution in [2.45, 2.75) is 19.4 Å².